The van der Waals surface area contributed by atoms with E-state index in [2.05, 4.69) is 22.3 Å². The zero-order valence-corrected chi connectivity index (χ0v) is 18.8. The quantitative estimate of drug-likeness (QED) is 0.712. The molecular weight excluding hydrogens is 430 g/mol. The number of rotatable bonds is 6. The van der Waals surface area contributed by atoms with Crippen LogP contribution in [0.1, 0.15) is 33.9 Å². The fraction of sp³-hybridized carbons (Fsp3) is 0.391. The van der Waals surface area contributed by atoms with Gasteiger partial charge < -0.3 is 10.1 Å². The minimum atomic E-state index is -3.68. The van der Waals surface area contributed by atoms with Gasteiger partial charge >= 0.3 is 0 Å². The summed E-state index contributed by atoms with van der Waals surface area (Å²) in [5.41, 5.74) is 2.77. The van der Waals surface area contributed by atoms with Crippen LogP contribution in [-0.4, -0.2) is 63.7 Å². The number of benzene rings is 2. The second-order valence-corrected chi connectivity index (χ2v) is 10.0. The van der Waals surface area contributed by atoms with Crippen molar-refractivity contribution in [2.45, 2.75) is 19.4 Å². The smallest absolute Gasteiger partial charge is 0.251 e. The second-order valence-electron chi connectivity index (χ2n) is 8.06. The number of ether oxygens (including phenoxy) is 1. The number of hydrogen-bond donors (Lipinski definition) is 1. The molecule has 2 saturated heterocycles. The van der Waals surface area contributed by atoms with Crippen LogP contribution in [0.2, 0.25) is 0 Å². The average molecular weight is 458 g/mol. The Morgan fingerprint density at radius 1 is 1.12 bits per heavy atom. The van der Waals surface area contributed by atoms with Crippen LogP contribution in [0.4, 0.5) is 5.69 Å². The van der Waals surface area contributed by atoms with Gasteiger partial charge in [0.15, 0.2) is 0 Å². The van der Waals surface area contributed by atoms with Crippen LogP contribution in [0.25, 0.3) is 0 Å². The number of carbonyl (C=O) groups is 2. The lowest BCUT2D eigenvalue weighted by molar-refractivity contribution is -0.116. The molecule has 2 amide bonds. The molecule has 2 heterocycles. The zero-order chi connectivity index (χ0) is 22.7. The van der Waals surface area contributed by atoms with Gasteiger partial charge in [0.05, 0.1) is 30.7 Å². The minimum Gasteiger partial charge on any atom is -0.379 e. The first kappa shape index (κ1) is 22.4. The van der Waals surface area contributed by atoms with E-state index < -0.39 is 15.9 Å². The number of nitrogens with one attached hydrogen (secondary N) is 1. The molecule has 1 atom stereocenters. The maximum Gasteiger partial charge on any atom is 0.251 e. The molecule has 8 nitrogen and oxygen atoms in total. The van der Waals surface area contributed by atoms with E-state index in [-0.39, 0.29) is 29.8 Å². The molecule has 0 radical (unpaired) electrons. The van der Waals surface area contributed by atoms with Crippen molar-refractivity contribution in [3.63, 3.8) is 0 Å². The van der Waals surface area contributed by atoms with E-state index in [1.54, 1.807) is 12.1 Å². The Balaban J connectivity index is 1.52. The molecular formula is C23H27N3O5S. The van der Waals surface area contributed by atoms with E-state index in [4.69, 9.17) is 4.74 Å². The van der Waals surface area contributed by atoms with E-state index in [0.29, 0.717) is 25.3 Å². The molecule has 2 aliphatic rings. The largest absolute Gasteiger partial charge is 0.379 e. The Kier molecular flexibility index (Phi) is 6.59. The summed E-state index contributed by atoms with van der Waals surface area (Å²) in [5, 5.41) is 2.99. The number of carbonyl (C=O) groups excluding carboxylic acids is 2. The van der Waals surface area contributed by atoms with Crippen molar-refractivity contribution in [1.82, 2.24) is 10.2 Å². The maximum atomic E-state index is 12.9. The van der Waals surface area contributed by atoms with E-state index in [1.165, 1.54) is 12.1 Å². The second kappa shape index (κ2) is 9.40. The van der Waals surface area contributed by atoms with Gasteiger partial charge in [-0.3, -0.25) is 14.5 Å². The molecule has 0 spiro atoms. The third-order valence-electron chi connectivity index (χ3n) is 5.79. The van der Waals surface area contributed by atoms with Gasteiger partial charge in [0.25, 0.3) is 5.91 Å². The Morgan fingerprint density at radius 3 is 2.56 bits per heavy atom. The topological polar surface area (TPSA) is 96.0 Å². The monoisotopic (exact) mass is 457 g/mol. The normalized spacial score (nSPS) is 19.7. The fourth-order valence-corrected chi connectivity index (χ4v) is 5.61. The van der Waals surface area contributed by atoms with E-state index >= 15 is 0 Å². The van der Waals surface area contributed by atoms with Gasteiger partial charge in [-0.25, -0.2) is 12.7 Å². The molecule has 2 aliphatic heterocycles. The summed E-state index contributed by atoms with van der Waals surface area (Å²) >= 11 is 0. The molecule has 0 saturated carbocycles. The number of morpholine rings is 1. The maximum absolute atomic E-state index is 12.9. The predicted molar refractivity (Wildman–Crippen MR) is 121 cm³/mol. The summed E-state index contributed by atoms with van der Waals surface area (Å²) in [4.78, 5) is 27.3. The number of nitrogens with zero attached hydrogens (tertiary/aromatic N) is 2. The minimum absolute atomic E-state index is 0.00790. The van der Waals surface area contributed by atoms with Gasteiger partial charge in [0, 0.05) is 31.6 Å². The highest BCUT2D eigenvalue weighted by Gasteiger charge is 2.36. The molecule has 2 aromatic carbocycles. The first-order chi connectivity index (χ1) is 15.3. The van der Waals surface area contributed by atoms with Gasteiger partial charge in [-0.15, -0.1) is 0 Å². The van der Waals surface area contributed by atoms with Crippen LogP contribution in [0, 0.1) is 6.92 Å². The molecule has 0 aliphatic carbocycles. The third kappa shape index (κ3) is 4.85. The van der Waals surface area contributed by atoms with Crippen molar-refractivity contribution in [3.8, 4) is 0 Å². The van der Waals surface area contributed by atoms with Crippen LogP contribution in [0.15, 0.2) is 48.5 Å². The molecule has 4 rings (SSSR count). The summed E-state index contributed by atoms with van der Waals surface area (Å²) < 4.78 is 30.7. The predicted octanol–water partition coefficient (Wildman–Crippen LogP) is 1.86. The Morgan fingerprint density at radius 2 is 1.88 bits per heavy atom. The molecule has 170 valence electrons. The molecule has 9 heteroatoms. The highest BCUT2D eigenvalue weighted by Crippen LogP contribution is 2.26. The summed E-state index contributed by atoms with van der Waals surface area (Å²) in [7, 11) is -3.68. The van der Waals surface area contributed by atoms with Crippen molar-refractivity contribution in [1.29, 1.82) is 0 Å². The number of hydrogen-bond acceptors (Lipinski definition) is 6. The summed E-state index contributed by atoms with van der Waals surface area (Å²) in [5.74, 6) is -1.00. The molecule has 0 aromatic heterocycles. The van der Waals surface area contributed by atoms with Gasteiger partial charge in [-0.05, 0) is 30.7 Å². The first-order valence-corrected chi connectivity index (χ1v) is 12.3. The molecule has 2 aromatic rings. The standard InChI is InChI=1S/C23H27N3O5S/c1-17-4-2-5-18(14-17)21(25-9-11-31-12-10-25)16-24-23(28)19-6-3-7-20(15-19)26-22(27)8-13-32(26,29)30/h2-7,14-15,21H,8-13,16H2,1H3,(H,24,28)/t21-/m1/s1. The summed E-state index contributed by atoms with van der Waals surface area (Å²) in [6.45, 7) is 5.29. The molecule has 0 bridgehead atoms. The van der Waals surface area contributed by atoms with Crippen molar-refractivity contribution in [3.05, 3.63) is 65.2 Å². The van der Waals surface area contributed by atoms with Gasteiger partial charge in [-0.2, -0.15) is 0 Å². The fourth-order valence-electron chi connectivity index (χ4n) is 4.16. The molecule has 0 unspecified atom stereocenters. The van der Waals surface area contributed by atoms with Gasteiger partial charge in [0.1, 0.15) is 0 Å². The van der Waals surface area contributed by atoms with Crippen LogP contribution in [0.5, 0.6) is 0 Å². The van der Waals surface area contributed by atoms with E-state index in [9.17, 15) is 18.0 Å². The van der Waals surface area contributed by atoms with Crippen molar-refractivity contribution < 1.29 is 22.7 Å². The average Bonchev–Trinajstić information content (AvgIpc) is 3.06. The van der Waals surface area contributed by atoms with Crippen molar-refractivity contribution in [2.24, 2.45) is 0 Å². The van der Waals surface area contributed by atoms with Crippen LogP contribution in [-0.2, 0) is 19.6 Å². The van der Waals surface area contributed by atoms with Crippen LogP contribution < -0.4 is 9.62 Å². The van der Waals surface area contributed by atoms with E-state index in [1.807, 2.05) is 19.1 Å². The Bertz CT molecular complexity index is 1110. The molecule has 32 heavy (non-hydrogen) atoms. The van der Waals surface area contributed by atoms with Gasteiger partial charge in [0.2, 0.25) is 15.9 Å². The van der Waals surface area contributed by atoms with Gasteiger partial charge in [-0.1, -0.05) is 35.9 Å². The zero-order valence-electron chi connectivity index (χ0n) is 18.0. The Labute approximate surface area is 188 Å². The van der Waals surface area contributed by atoms with Crippen LogP contribution in [0.3, 0.4) is 0 Å². The van der Waals surface area contributed by atoms with Crippen molar-refractivity contribution >= 4 is 27.5 Å². The number of sulfonamides is 1. The molecule has 1 N–H and O–H groups in total. The van der Waals surface area contributed by atoms with E-state index in [0.717, 1.165) is 28.5 Å². The lowest BCUT2D eigenvalue weighted by Gasteiger charge is -2.35. The van der Waals surface area contributed by atoms with Crippen LogP contribution >= 0.6 is 0 Å². The lowest BCUT2D eigenvalue weighted by atomic mass is 10.0. The number of aryl methyl sites for hydroxylation is 1. The highest BCUT2D eigenvalue weighted by molar-refractivity contribution is 7.94. The SMILES string of the molecule is Cc1cccc([C@@H](CNC(=O)c2cccc(N3C(=O)CCS3(=O)=O)c2)N2CCOCC2)c1. The highest BCUT2D eigenvalue weighted by atomic mass is 32.2. The van der Waals surface area contributed by atoms with Crippen molar-refractivity contribution in [2.75, 3.05) is 42.9 Å². The first-order valence-electron chi connectivity index (χ1n) is 10.7. The summed E-state index contributed by atoms with van der Waals surface area (Å²) in [6.07, 6.45) is -0.0452. The number of amides is 2. The third-order valence-corrected chi connectivity index (χ3v) is 7.48. The lowest BCUT2D eigenvalue weighted by Crippen LogP contribution is -2.43. The summed E-state index contributed by atoms with van der Waals surface area (Å²) in [6, 6.07) is 14.4. The Hall–Kier alpha value is -2.75. The molecule has 2 fully saturated rings. The number of anilines is 1.